The molecule has 2 aromatic carbocycles. The zero-order valence-corrected chi connectivity index (χ0v) is 11.9. The van der Waals surface area contributed by atoms with Gasteiger partial charge in [-0.05, 0) is 12.1 Å². The lowest BCUT2D eigenvalue weighted by atomic mass is 9.88. The lowest BCUT2D eigenvalue weighted by molar-refractivity contribution is -0.157. The van der Waals surface area contributed by atoms with E-state index in [-0.39, 0.29) is 0 Å². The van der Waals surface area contributed by atoms with E-state index in [4.69, 9.17) is 9.47 Å². The molecule has 5 heteroatoms. The van der Waals surface area contributed by atoms with Gasteiger partial charge in [-0.3, -0.25) is 4.79 Å². The van der Waals surface area contributed by atoms with Crippen LogP contribution in [0.3, 0.4) is 0 Å². The molecule has 112 valence electrons. The number of carbonyl (C=O) groups is 2. The molecule has 0 saturated heterocycles. The van der Waals surface area contributed by atoms with Crippen LogP contribution >= 0.6 is 0 Å². The summed E-state index contributed by atoms with van der Waals surface area (Å²) in [5.74, 6) is -0.496. The van der Waals surface area contributed by atoms with Gasteiger partial charge in [0.2, 0.25) is 0 Å². The number of carbonyl (C=O) groups excluding carboxylic acids is 2. The van der Waals surface area contributed by atoms with Gasteiger partial charge in [-0.25, -0.2) is 4.79 Å². The van der Waals surface area contributed by atoms with E-state index < -0.39 is 24.5 Å². The maximum atomic E-state index is 12.5. The maximum absolute atomic E-state index is 12.5. The fourth-order valence-corrected chi connectivity index (χ4v) is 2.44. The second-order valence-corrected chi connectivity index (χ2v) is 4.79. The summed E-state index contributed by atoms with van der Waals surface area (Å²) >= 11 is 0. The van der Waals surface area contributed by atoms with E-state index in [1.807, 2.05) is 36.4 Å². The second kappa shape index (κ2) is 5.89. The second-order valence-electron chi connectivity index (χ2n) is 4.79. The SMILES string of the molecule is COC(=O)COC(=O)C1c2ccccc2Oc2ccccc21. The molecule has 5 nitrogen and oxygen atoms in total. The first-order chi connectivity index (χ1) is 10.7. The molecule has 1 heterocycles. The van der Waals surface area contributed by atoms with Gasteiger partial charge in [-0.1, -0.05) is 36.4 Å². The largest absolute Gasteiger partial charge is 0.466 e. The maximum Gasteiger partial charge on any atom is 0.344 e. The highest BCUT2D eigenvalue weighted by Crippen LogP contribution is 2.44. The summed E-state index contributed by atoms with van der Waals surface area (Å²) in [7, 11) is 1.25. The van der Waals surface area contributed by atoms with E-state index in [0.29, 0.717) is 11.5 Å². The van der Waals surface area contributed by atoms with Crippen molar-refractivity contribution in [3.05, 3.63) is 59.7 Å². The minimum absolute atomic E-state index is 0.406. The highest BCUT2D eigenvalue weighted by molar-refractivity contribution is 5.87. The van der Waals surface area contributed by atoms with Gasteiger partial charge in [-0.2, -0.15) is 0 Å². The minimum atomic E-state index is -0.620. The van der Waals surface area contributed by atoms with E-state index in [9.17, 15) is 9.59 Å². The van der Waals surface area contributed by atoms with Crippen molar-refractivity contribution in [1.29, 1.82) is 0 Å². The Morgan fingerprint density at radius 2 is 1.55 bits per heavy atom. The zero-order chi connectivity index (χ0) is 15.5. The Kier molecular flexibility index (Phi) is 3.78. The molecule has 0 aliphatic carbocycles. The van der Waals surface area contributed by atoms with E-state index >= 15 is 0 Å². The van der Waals surface area contributed by atoms with E-state index in [2.05, 4.69) is 4.74 Å². The summed E-state index contributed by atoms with van der Waals surface area (Å²) in [6.07, 6.45) is 0. The molecule has 0 saturated carbocycles. The smallest absolute Gasteiger partial charge is 0.344 e. The van der Waals surface area contributed by atoms with Crippen LogP contribution in [0.4, 0.5) is 0 Å². The molecule has 0 N–H and O–H groups in total. The Morgan fingerprint density at radius 3 is 2.09 bits per heavy atom. The molecule has 0 atom stereocenters. The Morgan fingerprint density at radius 1 is 1.00 bits per heavy atom. The predicted molar refractivity (Wildman–Crippen MR) is 77.8 cm³/mol. The predicted octanol–water partition coefficient (Wildman–Crippen LogP) is 2.64. The number of hydrogen-bond donors (Lipinski definition) is 0. The fourth-order valence-electron chi connectivity index (χ4n) is 2.44. The fraction of sp³-hybridized carbons (Fsp3) is 0.176. The molecule has 3 rings (SSSR count). The average Bonchev–Trinajstić information content (AvgIpc) is 2.57. The normalized spacial score (nSPS) is 12.6. The van der Waals surface area contributed by atoms with Crippen molar-refractivity contribution < 1.29 is 23.8 Å². The first kappa shape index (κ1) is 14.1. The van der Waals surface area contributed by atoms with Crippen LogP contribution in [0, 0.1) is 0 Å². The molecular formula is C17H14O5. The highest BCUT2D eigenvalue weighted by atomic mass is 16.6. The minimum Gasteiger partial charge on any atom is -0.466 e. The van der Waals surface area contributed by atoms with Gasteiger partial charge >= 0.3 is 11.9 Å². The number of rotatable bonds is 3. The lowest BCUT2D eigenvalue weighted by Gasteiger charge is -2.26. The molecule has 1 aliphatic rings. The molecule has 22 heavy (non-hydrogen) atoms. The van der Waals surface area contributed by atoms with Crippen molar-refractivity contribution in [3.8, 4) is 11.5 Å². The number of benzene rings is 2. The molecule has 0 spiro atoms. The van der Waals surface area contributed by atoms with Crippen molar-refractivity contribution in [2.45, 2.75) is 5.92 Å². The summed E-state index contributed by atoms with van der Waals surface area (Å²) in [4.78, 5) is 23.6. The topological polar surface area (TPSA) is 61.8 Å². The first-order valence-corrected chi connectivity index (χ1v) is 6.80. The third-order valence-electron chi connectivity index (χ3n) is 3.48. The number of hydrogen-bond acceptors (Lipinski definition) is 5. The molecule has 0 radical (unpaired) electrons. The van der Waals surface area contributed by atoms with Gasteiger partial charge in [0.25, 0.3) is 0 Å². The van der Waals surface area contributed by atoms with Gasteiger partial charge in [0.05, 0.1) is 7.11 Å². The molecule has 0 fully saturated rings. The summed E-state index contributed by atoms with van der Waals surface area (Å²) in [6, 6.07) is 14.6. The van der Waals surface area contributed by atoms with E-state index in [1.54, 1.807) is 12.1 Å². The van der Waals surface area contributed by atoms with Crippen molar-refractivity contribution >= 4 is 11.9 Å². The Labute approximate surface area is 127 Å². The average molecular weight is 298 g/mol. The molecule has 2 aromatic rings. The van der Waals surface area contributed by atoms with Crippen molar-refractivity contribution in [1.82, 2.24) is 0 Å². The van der Waals surface area contributed by atoms with Crippen molar-refractivity contribution in [2.75, 3.05) is 13.7 Å². The van der Waals surface area contributed by atoms with E-state index in [1.165, 1.54) is 7.11 Å². The van der Waals surface area contributed by atoms with Gasteiger partial charge in [-0.15, -0.1) is 0 Å². The van der Waals surface area contributed by atoms with E-state index in [0.717, 1.165) is 11.1 Å². The number of para-hydroxylation sites is 2. The lowest BCUT2D eigenvalue weighted by Crippen LogP contribution is -2.24. The van der Waals surface area contributed by atoms with Crippen LogP contribution in [0.25, 0.3) is 0 Å². The Hall–Kier alpha value is -2.82. The van der Waals surface area contributed by atoms with Crippen LogP contribution < -0.4 is 4.74 Å². The van der Waals surface area contributed by atoms with Crippen LogP contribution in [0.2, 0.25) is 0 Å². The summed E-state index contributed by atoms with van der Waals surface area (Å²) in [5.41, 5.74) is 1.44. The summed E-state index contributed by atoms with van der Waals surface area (Å²) in [5, 5.41) is 0. The molecule has 0 bridgehead atoms. The monoisotopic (exact) mass is 298 g/mol. The summed E-state index contributed by atoms with van der Waals surface area (Å²) < 4.78 is 15.4. The van der Waals surface area contributed by atoms with Crippen molar-refractivity contribution in [2.24, 2.45) is 0 Å². The Bertz CT molecular complexity index is 677. The van der Waals surface area contributed by atoms with Gasteiger partial charge in [0.15, 0.2) is 6.61 Å². The van der Waals surface area contributed by atoms with Crippen LogP contribution in [-0.4, -0.2) is 25.7 Å². The number of esters is 2. The summed E-state index contributed by atoms with van der Waals surface area (Å²) in [6.45, 7) is -0.406. The third-order valence-corrected chi connectivity index (χ3v) is 3.48. The standard InChI is InChI=1S/C17H14O5/c1-20-15(18)10-21-17(19)16-11-6-2-4-8-13(11)22-14-9-5-3-7-12(14)16/h2-9,16H,10H2,1H3. The number of methoxy groups -OCH3 is 1. The van der Waals surface area contributed by atoms with Crippen LogP contribution in [0.5, 0.6) is 11.5 Å². The molecule has 0 unspecified atom stereocenters. The zero-order valence-electron chi connectivity index (χ0n) is 11.9. The molecule has 0 aromatic heterocycles. The Balaban J connectivity index is 1.96. The van der Waals surface area contributed by atoms with Crippen LogP contribution in [-0.2, 0) is 19.1 Å². The van der Waals surface area contributed by atoms with Gasteiger partial charge in [0.1, 0.15) is 17.4 Å². The van der Waals surface area contributed by atoms with Gasteiger partial charge in [0, 0.05) is 11.1 Å². The molecule has 0 amide bonds. The van der Waals surface area contributed by atoms with Gasteiger partial charge < -0.3 is 14.2 Å². The van der Waals surface area contributed by atoms with Crippen LogP contribution in [0.1, 0.15) is 17.0 Å². The number of fused-ring (bicyclic) bond motifs is 2. The third kappa shape index (κ3) is 2.53. The molecular weight excluding hydrogens is 284 g/mol. The first-order valence-electron chi connectivity index (χ1n) is 6.80. The molecule has 1 aliphatic heterocycles. The highest BCUT2D eigenvalue weighted by Gasteiger charge is 2.33. The quantitative estimate of drug-likeness (QED) is 0.815. The van der Waals surface area contributed by atoms with Crippen molar-refractivity contribution in [3.63, 3.8) is 0 Å². The van der Waals surface area contributed by atoms with Crippen LogP contribution in [0.15, 0.2) is 48.5 Å². The number of ether oxygens (including phenoxy) is 3.